The number of pyridine rings is 1. The van der Waals surface area contributed by atoms with Gasteiger partial charge in [0.2, 0.25) is 5.76 Å². The summed E-state index contributed by atoms with van der Waals surface area (Å²) in [4.78, 5) is 33.0. The molecule has 1 atom stereocenters. The van der Waals surface area contributed by atoms with Crippen molar-refractivity contribution in [3.05, 3.63) is 93.2 Å². The number of rotatable bonds is 4. The number of nitrogens with zero attached hydrogens (tertiary/aromatic N) is 2. The molecular formula is C25H19FN2O5. The maximum atomic E-state index is 13.9. The lowest BCUT2D eigenvalue weighted by Crippen LogP contribution is -2.30. The minimum atomic E-state index is -0.856. The van der Waals surface area contributed by atoms with Crippen LogP contribution in [0.3, 0.4) is 0 Å². The zero-order chi connectivity index (χ0) is 23.3. The van der Waals surface area contributed by atoms with E-state index in [0.29, 0.717) is 28.6 Å². The van der Waals surface area contributed by atoms with Gasteiger partial charge in [-0.15, -0.1) is 0 Å². The topological polar surface area (TPSA) is 81.9 Å². The van der Waals surface area contributed by atoms with Crippen molar-refractivity contribution in [2.24, 2.45) is 0 Å². The van der Waals surface area contributed by atoms with E-state index in [1.54, 1.807) is 30.3 Å². The number of methoxy groups -OCH3 is 2. The van der Waals surface area contributed by atoms with Crippen molar-refractivity contribution in [1.82, 2.24) is 4.98 Å². The molecule has 0 saturated heterocycles. The van der Waals surface area contributed by atoms with Gasteiger partial charge in [-0.2, -0.15) is 0 Å². The minimum absolute atomic E-state index is 0.0612. The van der Waals surface area contributed by atoms with Gasteiger partial charge in [0.15, 0.2) is 16.9 Å². The highest BCUT2D eigenvalue weighted by molar-refractivity contribution is 6.10. The van der Waals surface area contributed by atoms with E-state index in [0.717, 1.165) is 6.07 Å². The van der Waals surface area contributed by atoms with Crippen LogP contribution < -0.4 is 19.8 Å². The van der Waals surface area contributed by atoms with Crippen LogP contribution >= 0.6 is 0 Å². The molecule has 0 saturated carbocycles. The van der Waals surface area contributed by atoms with Gasteiger partial charge >= 0.3 is 0 Å². The Hall–Kier alpha value is -4.20. The quantitative estimate of drug-likeness (QED) is 0.462. The molecule has 0 N–H and O–H groups in total. The summed E-state index contributed by atoms with van der Waals surface area (Å²) in [7, 11) is 3.02. The fourth-order valence-corrected chi connectivity index (χ4v) is 4.18. The second-order valence-electron chi connectivity index (χ2n) is 7.64. The summed E-state index contributed by atoms with van der Waals surface area (Å²) in [5, 5.41) is 0.0612. The second kappa shape index (κ2) is 7.74. The van der Waals surface area contributed by atoms with Crippen molar-refractivity contribution in [3.8, 4) is 11.5 Å². The summed E-state index contributed by atoms with van der Waals surface area (Å²) in [6.45, 7) is 1.81. The number of hydrogen-bond donors (Lipinski definition) is 0. The van der Waals surface area contributed by atoms with E-state index in [1.807, 2.05) is 13.0 Å². The molecule has 8 heteroatoms. The maximum absolute atomic E-state index is 13.9. The summed E-state index contributed by atoms with van der Waals surface area (Å²) in [5.74, 6) is 0.121. The van der Waals surface area contributed by atoms with E-state index in [4.69, 9.17) is 13.9 Å². The van der Waals surface area contributed by atoms with Gasteiger partial charge in [-0.1, -0.05) is 12.1 Å². The molecule has 1 aliphatic heterocycles. The average Bonchev–Trinajstić information content (AvgIpc) is 3.11. The molecule has 1 unspecified atom stereocenters. The van der Waals surface area contributed by atoms with Crippen LogP contribution in [0.4, 0.5) is 10.2 Å². The second-order valence-corrected chi connectivity index (χ2v) is 7.64. The number of anilines is 1. The summed E-state index contributed by atoms with van der Waals surface area (Å²) in [6, 6.07) is 13.2. The van der Waals surface area contributed by atoms with E-state index in [1.165, 1.54) is 31.3 Å². The molecule has 0 radical (unpaired) electrons. The van der Waals surface area contributed by atoms with Crippen LogP contribution in [0.15, 0.2) is 63.8 Å². The Balaban J connectivity index is 1.82. The summed E-state index contributed by atoms with van der Waals surface area (Å²) in [6.07, 6.45) is 0. The van der Waals surface area contributed by atoms with Gasteiger partial charge in [0.1, 0.15) is 17.2 Å². The number of carbonyl (C=O) groups is 1. The predicted molar refractivity (Wildman–Crippen MR) is 120 cm³/mol. The number of carbonyl (C=O) groups excluding carboxylic acids is 1. The maximum Gasteiger partial charge on any atom is 0.296 e. The van der Waals surface area contributed by atoms with Crippen LogP contribution in [0, 0.1) is 12.7 Å². The first-order chi connectivity index (χ1) is 15.9. The first kappa shape index (κ1) is 20.7. The van der Waals surface area contributed by atoms with Crippen molar-refractivity contribution >= 4 is 22.7 Å². The van der Waals surface area contributed by atoms with Gasteiger partial charge in [0.25, 0.3) is 5.91 Å². The molecule has 166 valence electrons. The van der Waals surface area contributed by atoms with Crippen molar-refractivity contribution in [2.75, 3.05) is 19.1 Å². The third-order valence-corrected chi connectivity index (χ3v) is 5.68. The van der Waals surface area contributed by atoms with E-state index < -0.39 is 23.2 Å². The predicted octanol–water partition coefficient (Wildman–Crippen LogP) is 4.40. The molecule has 2 aromatic carbocycles. The fourth-order valence-electron chi connectivity index (χ4n) is 4.18. The van der Waals surface area contributed by atoms with Crippen LogP contribution in [-0.4, -0.2) is 25.1 Å². The lowest BCUT2D eigenvalue weighted by Gasteiger charge is -2.25. The molecule has 2 aromatic heterocycles. The largest absolute Gasteiger partial charge is 0.493 e. The highest BCUT2D eigenvalue weighted by Gasteiger charge is 2.44. The summed E-state index contributed by atoms with van der Waals surface area (Å²) >= 11 is 0. The Bertz CT molecular complexity index is 1480. The number of ether oxygens (including phenoxy) is 2. The molecule has 0 spiro atoms. The van der Waals surface area contributed by atoms with Gasteiger partial charge < -0.3 is 13.9 Å². The van der Waals surface area contributed by atoms with E-state index in [2.05, 4.69) is 4.98 Å². The van der Waals surface area contributed by atoms with Crippen LogP contribution in [0.2, 0.25) is 0 Å². The first-order valence-corrected chi connectivity index (χ1v) is 10.2. The molecule has 7 nitrogen and oxygen atoms in total. The van der Waals surface area contributed by atoms with Gasteiger partial charge in [0.05, 0.1) is 31.2 Å². The van der Waals surface area contributed by atoms with Crippen LogP contribution in [0.25, 0.3) is 11.0 Å². The van der Waals surface area contributed by atoms with Gasteiger partial charge in [0, 0.05) is 5.69 Å². The van der Waals surface area contributed by atoms with Crippen molar-refractivity contribution in [1.29, 1.82) is 0 Å². The highest BCUT2D eigenvalue weighted by Crippen LogP contribution is 2.42. The number of aromatic nitrogens is 1. The van der Waals surface area contributed by atoms with E-state index >= 15 is 0 Å². The molecule has 4 aromatic rings. The molecular weight excluding hydrogens is 427 g/mol. The highest BCUT2D eigenvalue weighted by atomic mass is 19.1. The number of hydrogen-bond acceptors (Lipinski definition) is 6. The normalized spacial score (nSPS) is 15.1. The summed E-state index contributed by atoms with van der Waals surface area (Å²) < 4.78 is 30.5. The van der Waals surface area contributed by atoms with Crippen LogP contribution in [0.5, 0.6) is 11.5 Å². The fraction of sp³-hybridized carbons (Fsp3) is 0.160. The number of halogens is 1. The van der Waals surface area contributed by atoms with Crippen molar-refractivity contribution in [2.45, 2.75) is 13.0 Å². The zero-order valence-electron chi connectivity index (χ0n) is 18.1. The standard InChI is InChI=1S/C25H19FN2O5/c1-13-5-4-6-20(27-13)28-22(14-7-9-18(31-2)19(11-14)32-3)21-23(29)16-12-15(26)8-10-17(16)33-24(21)25(28)30/h4-12,22H,1-3H3. The Labute approximate surface area is 188 Å². The zero-order valence-corrected chi connectivity index (χ0v) is 18.1. The molecule has 0 aliphatic carbocycles. The Morgan fingerprint density at radius 2 is 1.79 bits per heavy atom. The third kappa shape index (κ3) is 3.22. The smallest absolute Gasteiger partial charge is 0.296 e. The van der Waals surface area contributed by atoms with Crippen molar-refractivity contribution in [3.63, 3.8) is 0 Å². The molecule has 3 heterocycles. The van der Waals surface area contributed by atoms with Gasteiger partial charge in [-0.25, -0.2) is 9.37 Å². The SMILES string of the molecule is COc1ccc(C2c3c(oc4ccc(F)cc4c3=O)C(=O)N2c2cccc(C)n2)cc1OC. The summed E-state index contributed by atoms with van der Waals surface area (Å²) in [5.41, 5.74) is 1.07. The van der Waals surface area contributed by atoms with E-state index in [-0.39, 0.29) is 22.3 Å². The van der Waals surface area contributed by atoms with Crippen molar-refractivity contribution < 1.29 is 23.1 Å². The number of benzene rings is 2. The molecule has 1 aliphatic rings. The number of fused-ring (bicyclic) bond motifs is 2. The molecule has 0 bridgehead atoms. The van der Waals surface area contributed by atoms with Crippen LogP contribution in [0.1, 0.15) is 33.4 Å². The van der Waals surface area contributed by atoms with Crippen LogP contribution in [-0.2, 0) is 0 Å². The lowest BCUT2D eigenvalue weighted by molar-refractivity contribution is 0.0970. The average molecular weight is 446 g/mol. The van der Waals surface area contributed by atoms with Gasteiger partial charge in [-0.05, 0) is 55.0 Å². The Morgan fingerprint density at radius 1 is 1.00 bits per heavy atom. The Kier molecular flexibility index (Phi) is 4.85. The molecule has 33 heavy (non-hydrogen) atoms. The third-order valence-electron chi connectivity index (χ3n) is 5.68. The van der Waals surface area contributed by atoms with Gasteiger partial charge in [-0.3, -0.25) is 14.5 Å². The van der Waals surface area contributed by atoms with E-state index in [9.17, 15) is 14.0 Å². The lowest BCUT2D eigenvalue weighted by atomic mass is 9.98. The molecule has 0 fully saturated rings. The number of aryl methyl sites for hydroxylation is 1. The minimum Gasteiger partial charge on any atom is -0.493 e. The molecule has 5 rings (SSSR count). The number of amides is 1. The first-order valence-electron chi connectivity index (χ1n) is 10.2. The monoisotopic (exact) mass is 446 g/mol. The Morgan fingerprint density at radius 3 is 2.52 bits per heavy atom. The molecule has 1 amide bonds.